The third-order valence-corrected chi connectivity index (χ3v) is 3.33. The van der Waals surface area contributed by atoms with Crippen LogP contribution in [-0.4, -0.2) is 6.04 Å². The van der Waals surface area contributed by atoms with Crippen molar-refractivity contribution in [3.8, 4) is 0 Å². The van der Waals surface area contributed by atoms with E-state index >= 15 is 0 Å². The monoisotopic (exact) mass is 171 g/mol. The summed E-state index contributed by atoms with van der Waals surface area (Å²) < 4.78 is 0. The van der Waals surface area contributed by atoms with Crippen LogP contribution < -0.4 is 5.73 Å². The first-order valence-electron chi connectivity index (χ1n) is 5.62. The molecule has 2 N–H and O–H groups in total. The summed E-state index contributed by atoms with van der Waals surface area (Å²) in [6, 6.07) is 0.541. The standard InChI is InChI=1S/C9H17N.C2H6.H2/c10-9-5-4-7-2-1-3-8(7)6-9;1-2;/h7-9H,1-6,10H2;1-2H3;1H. The lowest BCUT2D eigenvalue weighted by Gasteiger charge is -2.29. The van der Waals surface area contributed by atoms with Gasteiger partial charge in [0.2, 0.25) is 0 Å². The highest BCUT2D eigenvalue weighted by Crippen LogP contribution is 2.41. The second-order valence-electron chi connectivity index (χ2n) is 4.02. The Balaban J connectivity index is 0.000000451. The van der Waals surface area contributed by atoms with Crippen LogP contribution >= 0.6 is 0 Å². The van der Waals surface area contributed by atoms with Crippen molar-refractivity contribution in [2.24, 2.45) is 17.6 Å². The third kappa shape index (κ3) is 2.22. The molecule has 2 aliphatic carbocycles. The second kappa shape index (κ2) is 4.86. The smallest absolute Gasteiger partial charge is 0.00416 e. The van der Waals surface area contributed by atoms with Crippen LogP contribution in [0.5, 0.6) is 0 Å². The molecule has 2 saturated carbocycles. The minimum Gasteiger partial charge on any atom is -0.328 e. The maximum atomic E-state index is 5.89. The van der Waals surface area contributed by atoms with Crippen LogP contribution in [0.3, 0.4) is 0 Å². The first-order valence-corrected chi connectivity index (χ1v) is 5.62. The highest BCUT2D eigenvalue weighted by molar-refractivity contribution is 4.85. The summed E-state index contributed by atoms with van der Waals surface area (Å²) >= 11 is 0. The zero-order chi connectivity index (χ0) is 8.97. The van der Waals surface area contributed by atoms with Gasteiger partial charge in [0.1, 0.15) is 0 Å². The molecule has 1 nitrogen and oxygen atoms in total. The summed E-state index contributed by atoms with van der Waals surface area (Å²) in [7, 11) is 0. The fourth-order valence-electron chi connectivity index (χ4n) is 2.74. The van der Waals surface area contributed by atoms with E-state index in [1.807, 2.05) is 13.8 Å². The minimum absolute atomic E-state index is 0. The van der Waals surface area contributed by atoms with Gasteiger partial charge >= 0.3 is 0 Å². The summed E-state index contributed by atoms with van der Waals surface area (Å²) in [5.41, 5.74) is 5.89. The van der Waals surface area contributed by atoms with Crippen LogP contribution in [0.1, 0.15) is 53.8 Å². The van der Waals surface area contributed by atoms with Gasteiger partial charge in [0.25, 0.3) is 0 Å². The van der Waals surface area contributed by atoms with E-state index in [9.17, 15) is 0 Å². The van der Waals surface area contributed by atoms with Gasteiger partial charge in [0.15, 0.2) is 0 Å². The average Bonchev–Trinajstić information content (AvgIpc) is 2.54. The van der Waals surface area contributed by atoms with Crippen molar-refractivity contribution in [2.75, 3.05) is 0 Å². The molecular weight excluding hydrogens is 146 g/mol. The van der Waals surface area contributed by atoms with Crippen molar-refractivity contribution in [2.45, 2.75) is 58.4 Å². The van der Waals surface area contributed by atoms with Gasteiger partial charge in [0.05, 0.1) is 0 Å². The Labute approximate surface area is 78.2 Å². The number of fused-ring (bicyclic) bond motifs is 1. The van der Waals surface area contributed by atoms with E-state index in [1.54, 1.807) is 0 Å². The molecule has 0 amide bonds. The minimum atomic E-state index is 0. The Morgan fingerprint density at radius 1 is 1.00 bits per heavy atom. The maximum Gasteiger partial charge on any atom is 0.00416 e. The van der Waals surface area contributed by atoms with Gasteiger partial charge in [-0.1, -0.05) is 33.1 Å². The van der Waals surface area contributed by atoms with Crippen molar-refractivity contribution in [3.05, 3.63) is 0 Å². The summed E-state index contributed by atoms with van der Waals surface area (Å²) in [6.07, 6.45) is 8.48. The van der Waals surface area contributed by atoms with E-state index < -0.39 is 0 Å². The fourth-order valence-corrected chi connectivity index (χ4v) is 2.74. The van der Waals surface area contributed by atoms with Crippen molar-refractivity contribution < 1.29 is 1.43 Å². The van der Waals surface area contributed by atoms with Gasteiger partial charge in [0, 0.05) is 7.47 Å². The predicted molar refractivity (Wildman–Crippen MR) is 56.1 cm³/mol. The highest BCUT2D eigenvalue weighted by Gasteiger charge is 2.32. The largest absolute Gasteiger partial charge is 0.328 e. The Morgan fingerprint density at radius 3 is 2.42 bits per heavy atom. The third-order valence-electron chi connectivity index (χ3n) is 3.33. The van der Waals surface area contributed by atoms with Crippen LogP contribution in [0.25, 0.3) is 0 Å². The van der Waals surface area contributed by atoms with Gasteiger partial charge in [-0.3, -0.25) is 0 Å². The predicted octanol–water partition coefficient (Wildman–Crippen LogP) is 3.19. The summed E-state index contributed by atoms with van der Waals surface area (Å²) in [5, 5.41) is 0. The van der Waals surface area contributed by atoms with Gasteiger partial charge in [-0.25, -0.2) is 0 Å². The van der Waals surface area contributed by atoms with Crippen molar-refractivity contribution in [3.63, 3.8) is 0 Å². The van der Waals surface area contributed by atoms with E-state index in [0.29, 0.717) is 6.04 Å². The van der Waals surface area contributed by atoms with Crippen LogP contribution in [0.2, 0.25) is 0 Å². The Bertz CT molecular complexity index is 127. The van der Waals surface area contributed by atoms with E-state index in [-0.39, 0.29) is 1.43 Å². The molecule has 0 spiro atoms. The lowest BCUT2D eigenvalue weighted by molar-refractivity contribution is 0.251. The maximum absolute atomic E-state index is 5.89. The molecule has 0 aromatic heterocycles. The quantitative estimate of drug-likeness (QED) is 0.595. The van der Waals surface area contributed by atoms with Crippen molar-refractivity contribution in [1.82, 2.24) is 0 Å². The summed E-state index contributed by atoms with van der Waals surface area (Å²) in [6.45, 7) is 4.00. The normalized spacial score (nSPS) is 39.8. The first kappa shape index (κ1) is 10.0. The van der Waals surface area contributed by atoms with E-state index in [2.05, 4.69) is 0 Å². The van der Waals surface area contributed by atoms with Gasteiger partial charge in [-0.2, -0.15) is 0 Å². The molecular formula is C11H25N. The SMILES string of the molecule is CC.NC1CCC2CCCC2C1.[HH]. The molecule has 2 rings (SSSR count). The highest BCUT2D eigenvalue weighted by atomic mass is 14.6. The summed E-state index contributed by atoms with van der Waals surface area (Å²) in [5.74, 6) is 2.09. The van der Waals surface area contributed by atoms with Gasteiger partial charge < -0.3 is 5.73 Å². The first-order chi connectivity index (χ1) is 5.86. The van der Waals surface area contributed by atoms with Crippen LogP contribution in [0, 0.1) is 11.8 Å². The van der Waals surface area contributed by atoms with Crippen molar-refractivity contribution >= 4 is 0 Å². The van der Waals surface area contributed by atoms with E-state index in [0.717, 1.165) is 11.8 Å². The molecule has 0 saturated heterocycles. The van der Waals surface area contributed by atoms with Crippen molar-refractivity contribution in [1.29, 1.82) is 0 Å². The zero-order valence-electron chi connectivity index (χ0n) is 8.55. The molecule has 0 bridgehead atoms. The average molecular weight is 171 g/mol. The molecule has 0 aromatic rings. The van der Waals surface area contributed by atoms with E-state index in [4.69, 9.17) is 5.73 Å². The molecule has 74 valence electrons. The molecule has 3 unspecified atom stereocenters. The molecule has 2 fully saturated rings. The number of rotatable bonds is 0. The van der Waals surface area contributed by atoms with Crippen LogP contribution in [0.15, 0.2) is 0 Å². The Kier molecular flexibility index (Phi) is 4.07. The number of nitrogens with two attached hydrogens (primary N) is 1. The number of hydrogen-bond acceptors (Lipinski definition) is 1. The fraction of sp³-hybridized carbons (Fsp3) is 1.00. The molecule has 0 aliphatic heterocycles. The lowest BCUT2D eigenvalue weighted by Crippen LogP contribution is -2.30. The van der Waals surface area contributed by atoms with Crippen LogP contribution in [0.4, 0.5) is 0 Å². The molecule has 3 atom stereocenters. The summed E-state index contributed by atoms with van der Waals surface area (Å²) in [4.78, 5) is 0. The molecule has 0 aromatic carbocycles. The molecule has 2 aliphatic rings. The second-order valence-corrected chi connectivity index (χ2v) is 4.02. The molecule has 0 heterocycles. The molecule has 12 heavy (non-hydrogen) atoms. The Morgan fingerprint density at radius 2 is 1.67 bits per heavy atom. The lowest BCUT2D eigenvalue weighted by atomic mass is 9.79. The zero-order valence-corrected chi connectivity index (χ0v) is 8.55. The Hall–Kier alpha value is -0.0400. The molecule has 0 radical (unpaired) electrons. The number of hydrogen-bond donors (Lipinski definition) is 1. The topological polar surface area (TPSA) is 26.0 Å². The van der Waals surface area contributed by atoms with Gasteiger partial charge in [-0.05, 0) is 31.1 Å². The van der Waals surface area contributed by atoms with Gasteiger partial charge in [-0.15, -0.1) is 0 Å². The molecule has 1 heteroatoms. The van der Waals surface area contributed by atoms with Crippen LogP contribution in [-0.2, 0) is 0 Å². The van der Waals surface area contributed by atoms with E-state index in [1.165, 1.54) is 38.5 Å².